The summed E-state index contributed by atoms with van der Waals surface area (Å²) in [6.45, 7) is 6.52. The zero-order chi connectivity index (χ0) is 28.7. The van der Waals surface area contributed by atoms with Gasteiger partial charge in [0, 0.05) is 44.3 Å². The maximum atomic E-state index is 13.6. The lowest BCUT2D eigenvalue weighted by Crippen LogP contribution is -2.51. The number of rotatable bonds is 6. The molecule has 2 aromatic rings. The van der Waals surface area contributed by atoms with Crippen molar-refractivity contribution in [3.05, 3.63) is 52.5 Å². The summed E-state index contributed by atoms with van der Waals surface area (Å²) in [6.07, 6.45) is -8.79. The Labute approximate surface area is 222 Å². The first-order valence-electron chi connectivity index (χ1n) is 12.8. The second-order valence-corrected chi connectivity index (χ2v) is 10.4. The quantitative estimate of drug-likeness (QED) is 0.508. The van der Waals surface area contributed by atoms with Crippen molar-refractivity contribution in [3.8, 4) is 0 Å². The third-order valence-corrected chi connectivity index (χ3v) is 7.21. The number of aliphatic hydroxyl groups is 1. The summed E-state index contributed by atoms with van der Waals surface area (Å²) in [5, 5.41) is 13.3. The van der Waals surface area contributed by atoms with E-state index in [0.29, 0.717) is 43.2 Å². The van der Waals surface area contributed by atoms with Crippen molar-refractivity contribution in [1.82, 2.24) is 20.2 Å². The number of benzene rings is 1. The van der Waals surface area contributed by atoms with Gasteiger partial charge in [0.2, 0.25) is 5.91 Å². The van der Waals surface area contributed by atoms with Crippen molar-refractivity contribution >= 4 is 11.7 Å². The van der Waals surface area contributed by atoms with E-state index in [1.807, 2.05) is 11.8 Å². The minimum Gasteiger partial charge on any atom is -0.387 e. The summed E-state index contributed by atoms with van der Waals surface area (Å²) in [4.78, 5) is 25.7. The predicted molar refractivity (Wildman–Crippen MR) is 131 cm³/mol. The molecule has 39 heavy (non-hydrogen) atoms. The van der Waals surface area contributed by atoms with Gasteiger partial charge in [0.05, 0.1) is 28.8 Å². The van der Waals surface area contributed by atoms with Gasteiger partial charge in [-0.2, -0.15) is 26.3 Å². The Morgan fingerprint density at radius 3 is 2.15 bits per heavy atom. The number of anilines is 1. The Bertz CT molecular complexity index is 1160. The second-order valence-electron chi connectivity index (χ2n) is 10.4. The number of nitrogens with zero attached hydrogens (tertiary/aromatic N) is 4. The van der Waals surface area contributed by atoms with Crippen LogP contribution < -0.4 is 10.2 Å². The number of nitrogens with one attached hydrogen (secondary N) is 1. The van der Waals surface area contributed by atoms with Gasteiger partial charge in [-0.05, 0) is 36.1 Å². The molecule has 7 nitrogen and oxygen atoms in total. The van der Waals surface area contributed by atoms with Gasteiger partial charge in [0.15, 0.2) is 0 Å². The highest BCUT2D eigenvalue weighted by molar-refractivity contribution is 5.84. The third-order valence-electron chi connectivity index (χ3n) is 7.21. The SMILES string of the molecule is CC(C)NC[C@@H](C(=O)N1CCN(c2ncnc3c2[C@H](C)CC3O)CC1)c1cc(C(F)(F)F)cc(C(F)(F)F)c1. The molecule has 1 fully saturated rings. The smallest absolute Gasteiger partial charge is 0.387 e. The number of aliphatic hydroxyl groups excluding tert-OH is 1. The van der Waals surface area contributed by atoms with Crippen LogP contribution in [0.25, 0.3) is 0 Å². The number of hydrogen-bond donors (Lipinski definition) is 2. The van der Waals surface area contributed by atoms with Gasteiger partial charge < -0.3 is 20.2 Å². The third kappa shape index (κ3) is 6.29. The van der Waals surface area contributed by atoms with Crippen LogP contribution in [-0.2, 0) is 17.1 Å². The normalized spacial score (nSPS) is 20.9. The fraction of sp³-hybridized carbons (Fsp3) is 0.577. The molecule has 1 aromatic carbocycles. The van der Waals surface area contributed by atoms with Crippen LogP contribution in [0.2, 0.25) is 0 Å². The van der Waals surface area contributed by atoms with Crippen LogP contribution in [-0.4, -0.2) is 64.6 Å². The van der Waals surface area contributed by atoms with E-state index >= 15 is 0 Å². The second kappa shape index (κ2) is 10.9. The topological polar surface area (TPSA) is 81.6 Å². The van der Waals surface area contributed by atoms with Crippen LogP contribution in [0, 0.1) is 0 Å². The van der Waals surface area contributed by atoms with Crippen molar-refractivity contribution in [2.75, 3.05) is 37.6 Å². The largest absolute Gasteiger partial charge is 0.416 e. The molecule has 0 bridgehead atoms. The highest BCUT2D eigenvalue weighted by Gasteiger charge is 2.39. The van der Waals surface area contributed by atoms with E-state index in [0.717, 1.165) is 5.56 Å². The van der Waals surface area contributed by atoms with E-state index in [4.69, 9.17) is 0 Å². The number of alkyl halides is 6. The Kier molecular flexibility index (Phi) is 8.13. The van der Waals surface area contributed by atoms with Gasteiger partial charge in [-0.25, -0.2) is 9.97 Å². The summed E-state index contributed by atoms with van der Waals surface area (Å²) in [6, 6.07) is 1.18. The molecule has 3 atom stereocenters. The highest BCUT2D eigenvalue weighted by Crippen LogP contribution is 2.43. The molecular formula is C26H31F6N5O2. The van der Waals surface area contributed by atoms with E-state index < -0.39 is 41.4 Å². The lowest BCUT2D eigenvalue weighted by atomic mass is 9.92. The molecule has 0 saturated carbocycles. The summed E-state index contributed by atoms with van der Waals surface area (Å²) >= 11 is 0. The summed E-state index contributed by atoms with van der Waals surface area (Å²) < 4.78 is 81.1. The lowest BCUT2D eigenvalue weighted by Gasteiger charge is -2.38. The van der Waals surface area contributed by atoms with Crippen LogP contribution in [0.4, 0.5) is 32.2 Å². The average Bonchev–Trinajstić information content (AvgIpc) is 3.16. The number of hydrogen-bond acceptors (Lipinski definition) is 6. The van der Waals surface area contributed by atoms with Crippen LogP contribution >= 0.6 is 0 Å². The Balaban J connectivity index is 1.59. The summed E-state index contributed by atoms with van der Waals surface area (Å²) in [7, 11) is 0. The summed E-state index contributed by atoms with van der Waals surface area (Å²) in [5.41, 5.74) is -1.81. The van der Waals surface area contributed by atoms with Gasteiger partial charge in [0.1, 0.15) is 12.1 Å². The van der Waals surface area contributed by atoms with E-state index in [1.54, 1.807) is 13.8 Å². The maximum Gasteiger partial charge on any atom is 0.416 e. The number of carbonyl (C=O) groups is 1. The Morgan fingerprint density at radius 2 is 1.62 bits per heavy atom. The fourth-order valence-electron chi connectivity index (χ4n) is 5.19. The van der Waals surface area contributed by atoms with Gasteiger partial charge in [0.25, 0.3) is 0 Å². The molecule has 1 saturated heterocycles. The average molecular weight is 560 g/mol. The summed E-state index contributed by atoms with van der Waals surface area (Å²) in [5.74, 6) is -1.09. The molecule has 2 heterocycles. The first-order chi connectivity index (χ1) is 18.2. The first kappa shape index (κ1) is 29.1. The van der Waals surface area contributed by atoms with Gasteiger partial charge in [-0.15, -0.1) is 0 Å². The molecule has 1 aliphatic heterocycles. The first-order valence-corrected chi connectivity index (χ1v) is 12.8. The molecule has 2 N–H and O–H groups in total. The van der Waals surface area contributed by atoms with Crippen LogP contribution in [0.1, 0.15) is 73.1 Å². The van der Waals surface area contributed by atoms with Gasteiger partial charge in [-0.3, -0.25) is 4.79 Å². The standard InChI is InChI=1S/C26H31F6N5O2/c1-14(2)33-12-19(16-9-17(25(27,28)29)11-18(10-16)26(30,31)32)24(39)37-6-4-36(5-7-37)23-21-15(3)8-20(38)22(21)34-13-35-23/h9-11,13-15,19-20,33,38H,4-8,12H2,1-3H3/t15-,19-,20?/m1/s1. The van der Waals surface area contributed by atoms with Gasteiger partial charge >= 0.3 is 12.4 Å². The number of fused-ring (bicyclic) bond motifs is 1. The molecule has 13 heteroatoms. The molecule has 1 unspecified atom stereocenters. The number of carbonyl (C=O) groups excluding carboxylic acids is 1. The predicted octanol–water partition coefficient (Wildman–Crippen LogP) is 4.49. The number of aromatic nitrogens is 2. The molecule has 1 amide bonds. The van der Waals surface area contributed by atoms with Crippen molar-refractivity contribution in [2.45, 2.75) is 63.5 Å². The van der Waals surface area contributed by atoms with E-state index in [2.05, 4.69) is 15.3 Å². The zero-order valence-corrected chi connectivity index (χ0v) is 21.8. The Morgan fingerprint density at radius 1 is 1.03 bits per heavy atom. The molecule has 1 aromatic heterocycles. The van der Waals surface area contributed by atoms with Crippen LogP contribution in [0.3, 0.4) is 0 Å². The molecule has 0 spiro atoms. The van der Waals surface area contributed by atoms with Crippen LogP contribution in [0.15, 0.2) is 24.5 Å². The van der Waals surface area contributed by atoms with Crippen molar-refractivity contribution in [2.24, 2.45) is 0 Å². The lowest BCUT2D eigenvalue weighted by molar-refractivity contribution is -0.143. The monoisotopic (exact) mass is 559 g/mol. The van der Waals surface area contributed by atoms with Crippen molar-refractivity contribution in [3.63, 3.8) is 0 Å². The van der Waals surface area contributed by atoms with E-state index in [1.165, 1.54) is 11.2 Å². The highest BCUT2D eigenvalue weighted by atomic mass is 19.4. The molecule has 4 rings (SSSR count). The van der Waals surface area contributed by atoms with Crippen molar-refractivity contribution < 1.29 is 36.2 Å². The molecular weight excluding hydrogens is 528 g/mol. The zero-order valence-electron chi connectivity index (χ0n) is 21.8. The number of amides is 1. The molecule has 1 aliphatic carbocycles. The molecule has 2 aliphatic rings. The number of halogens is 6. The Hall–Kier alpha value is -2.93. The minimum absolute atomic E-state index is 0.0427. The molecule has 0 radical (unpaired) electrons. The van der Waals surface area contributed by atoms with Gasteiger partial charge in [-0.1, -0.05) is 20.8 Å². The van der Waals surface area contributed by atoms with E-state index in [-0.39, 0.29) is 43.2 Å². The van der Waals surface area contributed by atoms with E-state index in [9.17, 15) is 36.2 Å². The fourth-order valence-corrected chi connectivity index (χ4v) is 5.19. The van der Waals surface area contributed by atoms with Crippen LogP contribution in [0.5, 0.6) is 0 Å². The number of piperazine rings is 1. The molecule has 214 valence electrons. The van der Waals surface area contributed by atoms with Crippen molar-refractivity contribution in [1.29, 1.82) is 0 Å². The minimum atomic E-state index is -5.01. The maximum absolute atomic E-state index is 13.6.